The van der Waals surface area contributed by atoms with Crippen LogP contribution < -0.4 is 10.6 Å². The Hall–Kier alpha value is -0.580. The van der Waals surface area contributed by atoms with E-state index in [-0.39, 0.29) is 0 Å². The van der Waals surface area contributed by atoms with Crippen molar-refractivity contribution in [1.29, 1.82) is 0 Å². The summed E-state index contributed by atoms with van der Waals surface area (Å²) in [5.41, 5.74) is 8.22. The molecule has 18 heavy (non-hydrogen) atoms. The Kier molecular flexibility index (Phi) is 3.59. The van der Waals surface area contributed by atoms with Crippen molar-refractivity contribution in [2.24, 2.45) is 5.73 Å². The molecule has 1 aliphatic carbocycles. The Morgan fingerprint density at radius 3 is 3.06 bits per heavy atom. The Balaban J connectivity index is 1.90. The lowest BCUT2D eigenvalue weighted by atomic mass is 10.1. The number of fused-ring (bicyclic) bond motifs is 1. The van der Waals surface area contributed by atoms with Crippen LogP contribution in [0.5, 0.6) is 0 Å². The first-order chi connectivity index (χ1) is 8.78. The lowest BCUT2D eigenvalue weighted by Gasteiger charge is -2.39. The van der Waals surface area contributed by atoms with E-state index in [1.807, 2.05) is 0 Å². The molecule has 1 saturated carbocycles. The molecule has 0 radical (unpaired) electrons. The van der Waals surface area contributed by atoms with Crippen LogP contribution in [-0.4, -0.2) is 25.3 Å². The molecule has 3 nitrogen and oxygen atoms in total. The number of benzene rings is 1. The molecule has 2 N–H and O–H groups in total. The zero-order valence-electron chi connectivity index (χ0n) is 10.4. The minimum atomic E-state index is 0.430. The van der Waals surface area contributed by atoms with E-state index >= 15 is 0 Å². The van der Waals surface area contributed by atoms with Crippen LogP contribution in [0.1, 0.15) is 24.8 Å². The van der Waals surface area contributed by atoms with Crippen LogP contribution >= 0.6 is 15.9 Å². The summed E-state index contributed by atoms with van der Waals surface area (Å²) in [6.45, 7) is 2.41. The summed E-state index contributed by atoms with van der Waals surface area (Å²) in [6.07, 6.45) is 4.16. The third-order valence-electron chi connectivity index (χ3n) is 3.99. The van der Waals surface area contributed by atoms with E-state index in [0.29, 0.717) is 18.7 Å². The van der Waals surface area contributed by atoms with Gasteiger partial charge in [0, 0.05) is 23.2 Å². The summed E-state index contributed by atoms with van der Waals surface area (Å²) in [5, 5.41) is 0. The summed E-state index contributed by atoms with van der Waals surface area (Å²) in [5.74, 6) is 0. The number of hydrogen-bond donors (Lipinski definition) is 1. The normalized spacial score (nSPS) is 27.3. The average Bonchev–Trinajstić information content (AvgIpc) is 2.85. The molecule has 1 aliphatic heterocycles. The Labute approximate surface area is 116 Å². The molecule has 0 aromatic heterocycles. The SMILES string of the molecule is NCc1cc(Br)cc(N2CCOC3CCCC32)c1. The second-order valence-corrected chi connectivity index (χ2v) is 6.04. The van der Waals surface area contributed by atoms with E-state index < -0.39 is 0 Å². The predicted octanol–water partition coefficient (Wildman–Crippen LogP) is 2.67. The summed E-state index contributed by atoms with van der Waals surface area (Å²) in [6, 6.07) is 7.06. The van der Waals surface area contributed by atoms with Gasteiger partial charge in [-0.3, -0.25) is 0 Å². The maximum Gasteiger partial charge on any atom is 0.0779 e. The molecule has 0 amide bonds. The van der Waals surface area contributed by atoms with E-state index in [0.717, 1.165) is 17.6 Å². The zero-order valence-corrected chi connectivity index (χ0v) is 12.0. The van der Waals surface area contributed by atoms with E-state index in [2.05, 4.69) is 39.0 Å². The largest absolute Gasteiger partial charge is 0.374 e. The molecule has 1 saturated heterocycles. The first-order valence-electron chi connectivity index (χ1n) is 6.66. The molecule has 1 heterocycles. The quantitative estimate of drug-likeness (QED) is 0.912. The molecule has 2 fully saturated rings. The summed E-state index contributed by atoms with van der Waals surface area (Å²) < 4.78 is 6.97. The van der Waals surface area contributed by atoms with Crippen molar-refractivity contribution < 1.29 is 4.74 Å². The van der Waals surface area contributed by atoms with Crippen LogP contribution in [0.15, 0.2) is 22.7 Å². The molecule has 0 bridgehead atoms. The maximum atomic E-state index is 5.86. The molecule has 1 aromatic rings. The molecule has 0 spiro atoms. The second kappa shape index (κ2) is 5.19. The molecule has 1 aromatic carbocycles. The van der Waals surface area contributed by atoms with Gasteiger partial charge in [-0.2, -0.15) is 0 Å². The minimum absolute atomic E-state index is 0.430. The Morgan fingerprint density at radius 2 is 2.22 bits per heavy atom. The lowest BCUT2D eigenvalue weighted by Crippen LogP contribution is -2.48. The molecular formula is C14H19BrN2O. The highest BCUT2D eigenvalue weighted by Crippen LogP contribution is 2.34. The summed E-state index contributed by atoms with van der Waals surface area (Å²) in [7, 11) is 0. The van der Waals surface area contributed by atoms with Crippen LogP contribution in [0.4, 0.5) is 5.69 Å². The molecule has 4 heteroatoms. The van der Waals surface area contributed by atoms with Crippen LogP contribution in [0, 0.1) is 0 Å². The third-order valence-corrected chi connectivity index (χ3v) is 4.45. The van der Waals surface area contributed by atoms with Gasteiger partial charge >= 0.3 is 0 Å². The number of halogens is 1. The van der Waals surface area contributed by atoms with Gasteiger partial charge in [0.25, 0.3) is 0 Å². The number of rotatable bonds is 2. The molecule has 3 rings (SSSR count). The van der Waals surface area contributed by atoms with E-state index in [9.17, 15) is 0 Å². The molecule has 2 unspecified atom stereocenters. The van der Waals surface area contributed by atoms with Crippen molar-refractivity contribution >= 4 is 21.6 Å². The van der Waals surface area contributed by atoms with Crippen molar-refractivity contribution in [3.63, 3.8) is 0 Å². The Bertz CT molecular complexity index is 438. The monoisotopic (exact) mass is 310 g/mol. The predicted molar refractivity (Wildman–Crippen MR) is 76.8 cm³/mol. The van der Waals surface area contributed by atoms with Crippen molar-refractivity contribution in [3.05, 3.63) is 28.2 Å². The van der Waals surface area contributed by atoms with Gasteiger partial charge in [0.2, 0.25) is 0 Å². The fraction of sp³-hybridized carbons (Fsp3) is 0.571. The van der Waals surface area contributed by atoms with Crippen molar-refractivity contribution in [1.82, 2.24) is 0 Å². The summed E-state index contributed by atoms with van der Waals surface area (Å²) in [4.78, 5) is 2.51. The van der Waals surface area contributed by atoms with Gasteiger partial charge in [-0.15, -0.1) is 0 Å². The van der Waals surface area contributed by atoms with Crippen LogP contribution in [0.3, 0.4) is 0 Å². The number of anilines is 1. The number of morpholine rings is 1. The number of nitrogens with two attached hydrogens (primary N) is 1. The third kappa shape index (κ3) is 2.29. The van der Waals surface area contributed by atoms with E-state index in [4.69, 9.17) is 10.5 Å². The molecule has 2 atom stereocenters. The van der Waals surface area contributed by atoms with E-state index in [1.54, 1.807) is 0 Å². The number of ether oxygens (including phenoxy) is 1. The second-order valence-electron chi connectivity index (χ2n) is 5.12. The highest BCUT2D eigenvalue weighted by atomic mass is 79.9. The van der Waals surface area contributed by atoms with Crippen molar-refractivity contribution in [2.75, 3.05) is 18.1 Å². The first kappa shape index (κ1) is 12.5. The number of hydrogen-bond acceptors (Lipinski definition) is 3. The van der Waals surface area contributed by atoms with Crippen LogP contribution in [0.25, 0.3) is 0 Å². The zero-order chi connectivity index (χ0) is 12.5. The highest BCUT2D eigenvalue weighted by Gasteiger charge is 2.36. The standard InChI is InChI=1S/C14H19BrN2O/c15-11-6-10(9-16)7-12(8-11)17-4-5-18-14-3-1-2-13(14)17/h6-8,13-14H,1-5,9,16H2. The fourth-order valence-corrected chi connectivity index (χ4v) is 3.69. The highest BCUT2D eigenvalue weighted by molar-refractivity contribution is 9.10. The van der Waals surface area contributed by atoms with Gasteiger partial charge < -0.3 is 15.4 Å². The van der Waals surface area contributed by atoms with Gasteiger partial charge in [0.05, 0.1) is 18.8 Å². The topological polar surface area (TPSA) is 38.5 Å². The smallest absolute Gasteiger partial charge is 0.0779 e. The van der Waals surface area contributed by atoms with Gasteiger partial charge in [-0.25, -0.2) is 0 Å². The van der Waals surface area contributed by atoms with E-state index in [1.165, 1.54) is 30.5 Å². The minimum Gasteiger partial charge on any atom is -0.374 e. The number of nitrogens with zero attached hydrogens (tertiary/aromatic N) is 1. The molecular weight excluding hydrogens is 292 g/mol. The van der Waals surface area contributed by atoms with Gasteiger partial charge in [0.1, 0.15) is 0 Å². The van der Waals surface area contributed by atoms with Gasteiger partial charge in [-0.05, 0) is 43.0 Å². The lowest BCUT2D eigenvalue weighted by molar-refractivity contribution is 0.0256. The van der Waals surface area contributed by atoms with Gasteiger partial charge in [-0.1, -0.05) is 15.9 Å². The van der Waals surface area contributed by atoms with Crippen LogP contribution in [-0.2, 0) is 11.3 Å². The van der Waals surface area contributed by atoms with Crippen LogP contribution in [0.2, 0.25) is 0 Å². The Morgan fingerprint density at radius 1 is 1.33 bits per heavy atom. The van der Waals surface area contributed by atoms with Crippen molar-refractivity contribution in [2.45, 2.75) is 38.0 Å². The first-order valence-corrected chi connectivity index (χ1v) is 7.45. The molecule has 98 valence electrons. The summed E-state index contributed by atoms with van der Waals surface area (Å²) >= 11 is 3.58. The molecule has 2 aliphatic rings. The van der Waals surface area contributed by atoms with Crippen molar-refractivity contribution in [3.8, 4) is 0 Å². The van der Waals surface area contributed by atoms with Gasteiger partial charge in [0.15, 0.2) is 0 Å². The maximum absolute atomic E-state index is 5.86. The average molecular weight is 311 g/mol. The fourth-order valence-electron chi connectivity index (χ4n) is 3.16.